The average Bonchev–Trinajstić information content (AvgIpc) is 3.60. The van der Waals surface area contributed by atoms with Crippen LogP contribution in [0.15, 0.2) is 54.0 Å². The number of nitrogens with zero attached hydrogens (tertiary/aromatic N) is 6. The second-order valence-corrected chi connectivity index (χ2v) is 19.1. The molecule has 338 valence electrons. The molecule has 16 heteroatoms. The Morgan fingerprint density at radius 3 is 2.46 bits per heavy atom. The number of piperazine rings is 1. The Hall–Kier alpha value is -5.35. The second kappa shape index (κ2) is 20.0. The van der Waals surface area contributed by atoms with Crippen molar-refractivity contribution in [1.82, 2.24) is 35.6 Å². The minimum absolute atomic E-state index is 0.158. The van der Waals surface area contributed by atoms with E-state index in [0.29, 0.717) is 48.8 Å². The molecule has 5 N–H and O–H groups in total. The van der Waals surface area contributed by atoms with Gasteiger partial charge in [-0.15, -0.1) is 21.5 Å². The fourth-order valence-corrected chi connectivity index (χ4v) is 9.20. The van der Waals surface area contributed by atoms with E-state index in [0.717, 1.165) is 92.2 Å². The van der Waals surface area contributed by atoms with Crippen molar-refractivity contribution in [2.24, 2.45) is 5.41 Å². The SMILES string of the molecule is Cc1ncsc1-c1ccc(CNC(=O)[C@@H]2CCCN2C(=O)C(NC(=O)C2(F)CC2)C(C)(C)C)c(OCCCCCCCN2CCN(c3cc(-c4ccccc4O)nnc3N)CC2)c1. The van der Waals surface area contributed by atoms with Crippen LogP contribution in [0.3, 0.4) is 0 Å². The molecule has 2 atom stereocenters. The Balaban J connectivity index is 0.866. The molecule has 1 saturated carbocycles. The molecule has 3 amide bonds. The van der Waals surface area contributed by atoms with Crippen molar-refractivity contribution in [3.05, 3.63) is 65.3 Å². The summed E-state index contributed by atoms with van der Waals surface area (Å²) in [4.78, 5) is 52.1. The molecular formula is C47H62FN9O5S. The molecular weight excluding hydrogens is 822 g/mol. The van der Waals surface area contributed by atoms with Crippen LogP contribution >= 0.6 is 11.3 Å². The van der Waals surface area contributed by atoms with E-state index in [1.807, 2.05) is 69.6 Å². The zero-order valence-electron chi connectivity index (χ0n) is 37.0. The quantitative estimate of drug-likeness (QED) is 0.0786. The first-order valence-electron chi connectivity index (χ1n) is 22.3. The van der Waals surface area contributed by atoms with Crippen molar-refractivity contribution in [2.75, 3.05) is 56.5 Å². The summed E-state index contributed by atoms with van der Waals surface area (Å²) >= 11 is 1.57. The van der Waals surface area contributed by atoms with Gasteiger partial charge in [0.05, 0.1) is 34.1 Å². The molecule has 0 radical (unpaired) electrons. The van der Waals surface area contributed by atoms with E-state index in [1.54, 1.807) is 28.4 Å². The van der Waals surface area contributed by atoms with E-state index in [1.165, 1.54) is 0 Å². The van der Waals surface area contributed by atoms with Crippen LogP contribution in [0.2, 0.25) is 0 Å². The van der Waals surface area contributed by atoms with Crippen molar-refractivity contribution in [2.45, 2.75) is 110 Å². The predicted molar refractivity (Wildman–Crippen MR) is 244 cm³/mol. The highest BCUT2D eigenvalue weighted by Crippen LogP contribution is 2.41. The third-order valence-electron chi connectivity index (χ3n) is 12.4. The van der Waals surface area contributed by atoms with E-state index in [2.05, 4.69) is 35.6 Å². The lowest BCUT2D eigenvalue weighted by Gasteiger charge is -2.36. The number of amides is 3. The number of aryl methyl sites for hydroxylation is 1. The Morgan fingerprint density at radius 2 is 1.75 bits per heavy atom. The summed E-state index contributed by atoms with van der Waals surface area (Å²) in [5, 5.41) is 24.5. The van der Waals surface area contributed by atoms with Crippen molar-refractivity contribution < 1.29 is 28.6 Å². The number of anilines is 2. The van der Waals surface area contributed by atoms with Gasteiger partial charge in [-0.05, 0) is 87.2 Å². The molecule has 63 heavy (non-hydrogen) atoms. The zero-order valence-corrected chi connectivity index (χ0v) is 37.8. The van der Waals surface area contributed by atoms with Crippen LogP contribution in [0.4, 0.5) is 15.9 Å². The number of phenols is 1. The molecule has 1 unspecified atom stereocenters. The molecule has 7 rings (SSSR count). The highest BCUT2D eigenvalue weighted by Gasteiger charge is 2.53. The van der Waals surface area contributed by atoms with Crippen LogP contribution < -0.4 is 26.0 Å². The van der Waals surface area contributed by atoms with Gasteiger partial charge in [0.25, 0.3) is 5.91 Å². The average molecular weight is 884 g/mol. The standard InChI is InChI=1S/C47H62FN9O5S/c1-31-40(63-30-51-31)32-16-17-33(29-50-43(59)36-14-12-21-57(36)44(60)41(46(2,3)4)52-45(61)47(48)18-19-47)39(27-32)62-26-11-7-5-6-10-20-55-22-24-56(25-23-55)37-28-35(53-54-42(37)49)34-13-8-9-15-38(34)58/h8-9,13,15-17,27-28,30,36,41,58H,5-7,10-12,14,18-26,29H2,1-4H3,(H2,49,54)(H,50,59)(H,52,61)/t36-,41?/m0/s1. The molecule has 4 aromatic rings. The number of rotatable bonds is 18. The number of nitrogen functional groups attached to an aromatic ring is 1. The smallest absolute Gasteiger partial charge is 0.258 e. The molecule has 2 aliphatic heterocycles. The third-order valence-corrected chi connectivity index (χ3v) is 13.4. The largest absolute Gasteiger partial charge is 0.507 e. The summed E-state index contributed by atoms with van der Waals surface area (Å²) < 4.78 is 21.0. The van der Waals surface area contributed by atoms with Gasteiger partial charge in [0, 0.05) is 50.4 Å². The number of carbonyl (C=O) groups is 3. The number of alkyl halides is 1. The van der Waals surface area contributed by atoms with Gasteiger partial charge in [-0.25, -0.2) is 9.37 Å². The lowest BCUT2D eigenvalue weighted by atomic mass is 9.85. The first-order chi connectivity index (χ1) is 30.2. The van der Waals surface area contributed by atoms with Gasteiger partial charge in [-0.1, -0.05) is 64.3 Å². The number of aromatic hydroxyl groups is 1. The number of thiazole rings is 1. The molecule has 2 saturated heterocycles. The van der Waals surface area contributed by atoms with Crippen LogP contribution in [0.5, 0.6) is 11.5 Å². The van der Waals surface area contributed by atoms with Crippen molar-refractivity contribution in [3.63, 3.8) is 0 Å². The minimum atomic E-state index is -1.90. The van der Waals surface area contributed by atoms with E-state index in [-0.39, 0.29) is 37.0 Å². The Labute approximate surface area is 373 Å². The number of nitrogens with two attached hydrogens (primary N) is 1. The maximum Gasteiger partial charge on any atom is 0.258 e. The summed E-state index contributed by atoms with van der Waals surface area (Å²) in [6.45, 7) is 13.2. The van der Waals surface area contributed by atoms with E-state index >= 15 is 0 Å². The van der Waals surface area contributed by atoms with Crippen LogP contribution in [0, 0.1) is 12.3 Å². The maximum absolute atomic E-state index is 14.6. The number of carbonyl (C=O) groups excluding carboxylic acids is 3. The molecule has 14 nitrogen and oxygen atoms in total. The molecule has 3 aliphatic rings. The normalized spacial score (nSPS) is 18.0. The number of para-hydroxylation sites is 1. The van der Waals surface area contributed by atoms with E-state index in [9.17, 15) is 23.9 Å². The molecule has 3 fully saturated rings. The lowest BCUT2D eigenvalue weighted by Crippen LogP contribution is -2.58. The predicted octanol–water partition coefficient (Wildman–Crippen LogP) is 6.66. The van der Waals surface area contributed by atoms with Gasteiger partial charge < -0.3 is 36.0 Å². The number of phenolic OH excluding ortho intramolecular Hbond substituents is 1. The summed E-state index contributed by atoms with van der Waals surface area (Å²) in [6, 6.07) is 13.4. The lowest BCUT2D eigenvalue weighted by molar-refractivity contribution is -0.144. The highest BCUT2D eigenvalue weighted by molar-refractivity contribution is 7.13. The highest BCUT2D eigenvalue weighted by atomic mass is 32.1. The number of hydrogen-bond acceptors (Lipinski definition) is 12. The fraction of sp³-hybridized carbons (Fsp3) is 0.532. The Morgan fingerprint density at radius 1 is 1.00 bits per heavy atom. The first kappa shape index (κ1) is 45.7. The number of likely N-dealkylation sites (tertiary alicyclic amines) is 1. The summed E-state index contributed by atoms with van der Waals surface area (Å²) in [5.41, 5.74) is 10.3. The number of unbranched alkanes of at least 4 members (excludes halogenated alkanes) is 4. The van der Waals surface area contributed by atoms with Crippen molar-refractivity contribution in [1.29, 1.82) is 0 Å². The Bertz CT molecular complexity index is 2240. The number of hydrogen-bond donors (Lipinski definition) is 4. The van der Waals surface area contributed by atoms with Crippen LogP contribution in [-0.2, 0) is 20.9 Å². The maximum atomic E-state index is 14.6. The third kappa shape index (κ3) is 11.2. The van der Waals surface area contributed by atoms with E-state index in [4.69, 9.17) is 10.5 Å². The van der Waals surface area contributed by atoms with Gasteiger partial charge in [-0.3, -0.25) is 19.3 Å². The van der Waals surface area contributed by atoms with Gasteiger partial charge in [0.1, 0.15) is 23.6 Å². The van der Waals surface area contributed by atoms with Crippen molar-refractivity contribution >= 4 is 40.6 Å². The minimum Gasteiger partial charge on any atom is -0.507 e. The monoisotopic (exact) mass is 883 g/mol. The molecule has 4 heterocycles. The molecule has 2 aromatic carbocycles. The van der Waals surface area contributed by atoms with Gasteiger partial charge >= 0.3 is 0 Å². The number of aromatic nitrogens is 3. The number of benzene rings is 2. The van der Waals surface area contributed by atoms with Crippen LogP contribution in [-0.4, -0.2) is 111 Å². The zero-order chi connectivity index (χ0) is 44.7. The number of ether oxygens (including phenoxy) is 1. The molecule has 0 bridgehead atoms. The number of halogens is 1. The summed E-state index contributed by atoms with van der Waals surface area (Å²) in [6.07, 6.45) is 6.75. The Kier molecular flexibility index (Phi) is 14.5. The second-order valence-electron chi connectivity index (χ2n) is 18.2. The summed E-state index contributed by atoms with van der Waals surface area (Å²) in [7, 11) is 0. The topological polar surface area (TPSA) is 179 Å². The van der Waals surface area contributed by atoms with Gasteiger partial charge in [0.15, 0.2) is 11.5 Å². The van der Waals surface area contributed by atoms with Gasteiger partial charge in [0.2, 0.25) is 11.8 Å². The molecule has 0 spiro atoms. The van der Waals surface area contributed by atoms with Crippen LogP contribution in [0.25, 0.3) is 21.7 Å². The van der Waals surface area contributed by atoms with E-state index < -0.39 is 29.1 Å². The van der Waals surface area contributed by atoms with Crippen LogP contribution in [0.1, 0.15) is 89.8 Å². The summed E-state index contributed by atoms with van der Waals surface area (Å²) in [5.74, 6) is -0.134. The van der Waals surface area contributed by atoms with Crippen molar-refractivity contribution in [3.8, 4) is 33.2 Å². The molecule has 1 aliphatic carbocycles. The van der Waals surface area contributed by atoms with Gasteiger partial charge in [-0.2, -0.15) is 0 Å². The number of nitrogens with one attached hydrogen (secondary N) is 2. The fourth-order valence-electron chi connectivity index (χ4n) is 8.40. The first-order valence-corrected chi connectivity index (χ1v) is 23.2. The molecule has 2 aromatic heterocycles.